The Labute approximate surface area is 118 Å². The number of aromatic nitrogens is 1. The maximum absolute atomic E-state index is 6.06. The first-order chi connectivity index (χ1) is 9.29. The second-order valence-electron chi connectivity index (χ2n) is 4.20. The number of nitrogens with one attached hydrogen (secondary N) is 1. The van der Waals surface area contributed by atoms with Crippen molar-refractivity contribution in [2.75, 3.05) is 11.9 Å². The molecule has 0 aliphatic rings. The lowest BCUT2D eigenvalue weighted by Gasteiger charge is -2.09. The highest BCUT2D eigenvalue weighted by atomic mass is 35.5. The van der Waals surface area contributed by atoms with Crippen molar-refractivity contribution in [1.82, 2.24) is 4.98 Å². The molecule has 0 unspecified atom stereocenters. The minimum absolute atomic E-state index is 0.674. The molecule has 19 heavy (non-hydrogen) atoms. The summed E-state index contributed by atoms with van der Waals surface area (Å²) in [5.74, 6) is 0.901. The van der Waals surface area contributed by atoms with Gasteiger partial charge in [0.25, 0.3) is 0 Å². The first kappa shape index (κ1) is 13.7. The quantitative estimate of drug-likeness (QED) is 0.861. The van der Waals surface area contributed by atoms with Crippen molar-refractivity contribution in [3.05, 3.63) is 53.3 Å². The molecule has 1 aromatic heterocycles. The summed E-state index contributed by atoms with van der Waals surface area (Å²) < 4.78 is 5.61. The van der Waals surface area contributed by atoms with Crippen molar-refractivity contribution >= 4 is 17.3 Å². The summed E-state index contributed by atoms with van der Waals surface area (Å²) in [6.45, 7) is 3.52. The van der Waals surface area contributed by atoms with Gasteiger partial charge in [-0.05, 0) is 30.2 Å². The van der Waals surface area contributed by atoms with Crippen molar-refractivity contribution < 1.29 is 4.74 Å². The van der Waals surface area contributed by atoms with Gasteiger partial charge < -0.3 is 10.1 Å². The molecule has 3 nitrogen and oxygen atoms in total. The molecule has 0 aliphatic carbocycles. The van der Waals surface area contributed by atoms with Crippen LogP contribution in [0.2, 0.25) is 5.02 Å². The van der Waals surface area contributed by atoms with Crippen LogP contribution in [0.1, 0.15) is 18.9 Å². The third-order valence-corrected chi connectivity index (χ3v) is 2.95. The first-order valence-electron chi connectivity index (χ1n) is 6.34. The topological polar surface area (TPSA) is 34.1 Å². The number of anilines is 1. The SMILES string of the molecule is CCCOc1cccc(CNc2cnccc2Cl)c1. The van der Waals surface area contributed by atoms with E-state index in [1.165, 1.54) is 0 Å². The van der Waals surface area contributed by atoms with E-state index in [0.717, 1.165) is 30.0 Å². The molecule has 0 atom stereocenters. The predicted molar refractivity (Wildman–Crippen MR) is 78.8 cm³/mol. The summed E-state index contributed by atoms with van der Waals surface area (Å²) in [7, 11) is 0. The molecule has 0 amide bonds. The normalized spacial score (nSPS) is 10.2. The van der Waals surface area contributed by atoms with Gasteiger partial charge in [-0.25, -0.2) is 0 Å². The zero-order valence-electron chi connectivity index (χ0n) is 10.9. The monoisotopic (exact) mass is 276 g/mol. The Hall–Kier alpha value is -1.74. The van der Waals surface area contributed by atoms with Gasteiger partial charge in [0, 0.05) is 12.7 Å². The van der Waals surface area contributed by atoms with Gasteiger partial charge in [-0.2, -0.15) is 0 Å². The Morgan fingerprint density at radius 2 is 2.21 bits per heavy atom. The van der Waals surface area contributed by atoms with Gasteiger partial charge in [-0.3, -0.25) is 4.98 Å². The van der Waals surface area contributed by atoms with Crippen LogP contribution in [0.5, 0.6) is 5.75 Å². The molecule has 0 saturated heterocycles. The number of benzene rings is 1. The van der Waals surface area contributed by atoms with Gasteiger partial charge >= 0.3 is 0 Å². The van der Waals surface area contributed by atoms with E-state index in [0.29, 0.717) is 11.6 Å². The van der Waals surface area contributed by atoms with E-state index in [9.17, 15) is 0 Å². The number of rotatable bonds is 6. The van der Waals surface area contributed by atoms with Crippen LogP contribution < -0.4 is 10.1 Å². The highest BCUT2D eigenvalue weighted by Crippen LogP contribution is 2.20. The largest absolute Gasteiger partial charge is 0.494 e. The molecule has 2 aromatic rings. The Morgan fingerprint density at radius 3 is 3.00 bits per heavy atom. The second kappa shape index (κ2) is 7.00. The highest BCUT2D eigenvalue weighted by Gasteiger charge is 2.00. The number of hydrogen-bond acceptors (Lipinski definition) is 3. The van der Waals surface area contributed by atoms with Crippen molar-refractivity contribution in [2.24, 2.45) is 0 Å². The van der Waals surface area contributed by atoms with Gasteiger partial charge in [-0.1, -0.05) is 30.7 Å². The van der Waals surface area contributed by atoms with E-state index in [1.54, 1.807) is 18.5 Å². The molecule has 1 N–H and O–H groups in total. The van der Waals surface area contributed by atoms with E-state index >= 15 is 0 Å². The maximum Gasteiger partial charge on any atom is 0.119 e. The van der Waals surface area contributed by atoms with Crippen molar-refractivity contribution in [1.29, 1.82) is 0 Å². The minimum Gasteiger partial charge on any atom is -0.494 e. The molecule has 0 aliphatic heterocycles. The fourth-order valence-corrected chi connectivity index (χ4v) is 1.84. The fourth-order valence-electron chi connectivity index (χ4n) is 1.67. The fraction of sp³-hybridized carbons (Fsp3) is 0.267. The number of hydrogen-bond donors (Lipinski definition) is 1. The Balaban J connectivity index is 1.98. The Morgan fingerprint density at radius 1 is 1.32 bits per heavy atom. The lowest BCUT2D eigenvalue weighted by molar-refractivity contribution is 0.317. The summed E-state index contributed by atoms with van der Waals surface area (Å²) in [4.78, 5) is 4.04. The van der Waals surface area contributed by atoms with Crippen LogP contribution in [0.4, 0.5) is 5.69 Å². The molecule has 100 valence electrons. The summed E-state index contributed by atoms with van der Waals surface area (Å²) in [5.41, 5.74) is 1.98. The molecular formula is C15H17ClN2O. The van der Waals surface area contributed by atoms with Crippen LogP contribution in [0.25, 0.3) is 0 Å². The minimum atomic E-state index is 0.674. The lowest BCUT2D eigenvalue weighted by Crippen LogP contribution is -2.01. The zero-order valence-corrected chi connectivity index (χ0v) is 11.7. The van der Waals surface area contributed by atoms with Crippen molar-refractivity contribution in [2.45, 2.75) is 19.9 Å². The average Bonchev–Trinajstić information content (AvgIpc) is 2.45. The lowest BCUT2D eigenvalue weighted by atomic mass is 10.2. The molecule has 2 rings (SSSR count). The van der Waals surface area contributed by atoms with E-state index in [4.69, 9.17) is 16.3 Å². The van der Waals surface area contributed by atoms with Crippen LogP contribution >= 0.6 is 11.6 Å². The molecule has 1 heterocycles. The van der Waals surface area contributed by atoms with Crippen LogP contribution in [0.3, 0.4) is 0 Å². The highest BCUT2D eigenvalue weighted by molar-refractivity contribution is 6.33. The number of pyridine rings is 1. The molecule has 4 heteroatoms. The van der Waals surface area contributed by atoms with Crippen LogP contribution in [0.15, 0.2) is 42.7 Å². The summed E-state index contributed by atoms with van der Waals surface area (Å²) >= 11 is 6.06. The number of ether oxygens (including phenoxy) is 1. The number of halogens is 1. The second-order valence-corrected chi connectivity index (χ2v) is 4.61. The van der Waals surface area contributed by atoms with Gasteiger partial charge in [0.15, 0.2) is 0 Å². The average molecular weight is 277 g/mol. The summed E-state index contributed by atoms with van der Waals surface area (Å²) in [5, 5.41) is 3.94. The van der Waals surface area contributed by atoms with Crippen LogP contribution in [-0.2, 0) is 6.54 Å². The molecule has 1 aromatic carbocycles. The zero-order chi connectivity index (χ0) is 13.5. The maximum atomic E-state index is 6.06. The van der Waals surface area contributed by atoms with Gasteiger partial charge in [0.2, 0.25) is 0 Å². The van der Waals surface area contributed by atoms with Gasteiger partial charge in [-0.15, -0.1) is 0 Å². The Bertz CT molecular complexity index is 531. The van der Waals surface area contributed by atoms with E-state index in [2.05, 4.69) is 23.3 Å². The summed E-state index contributed by atoms with van der Waals surface area (Å²) in [6.07, 6.45) is 4.40. The third-order valence-electron chi connectivity index (χ3n) is 2.62. The van der Waals surface area contributed by atoms with Crippen LogP contribution in [0, 0.1) is 0 Å². The standard InChI is InChI=1S/C15H17ClN2O/c1-2-8-19-13-5-3-4-12(9-13)10-18-15-11-17-7-6-14(15)16/h3-7,9,11,18H,2,8,10H2,1H3. The predicted octanol–water partition coefficient (Wildman–Crippen LogP) is 4.14. The van der Waals surface area contributed by atoms with E-state index in [1.807, 2.05) is 18.2 Å². The molecule has 0 fully saturated rings. The molecule has 0 spiro atoms. The van der Waals surface area contributed by atoms with Crippen molar-refractivity contribution in [3.8, 4) is 5.75 Å². The van der Waals surface area contributed by atoms with E-state index in [-0.39, 0.29) is 0 Å². The molecule has 0 bridgehead atoms. The Kier molecular flexibility index (Phi) is 5.04. The van der Waals surface area contributed by atoms with Crippen molar-refractivity contribution in [3.63, 3.8) is 0 Å². The smallest absolute Gasteiger partial charge is 0.119 e. The molecular weight excluding hydrogens is 260 g/mol. The third kappa shape index (κ3) is 4.14. The van der Waals surface area contributed by atoms with Gasteiger partial charge in [0.05, 0.1) is 23.5 Å². The first-order valence-corrected chi connectivity index (χ1v) is 6.72. The van der Waals surface area contributed by atoms with Gasteiger partial charge in [0.1, 0.15) is 5.75 Å². The van der Waals surface area contributed by atoms with Crippen LogP contribution in [-0.4, -0.2) is 11.6 Å². The molecule has 0 radical (unpaired) electrons. The number of nitrogens with zero attached hydrogens (tertiary/aromatic N) is 1. The molecule has 0 saturated carbocycles. The van der Waals surface area contributed by atoms with E-state index < -0.39 is 0 Å². The summed E-state index contributed by atoms with van der Waals surface area (Å²) in [6, 6.07) is 9.82.